The van der Waals surface area contributed by atoms with Gasteiger partial charge in [0.25, 0.3) is 0 Å². The van der Waals surface area contributed by atoms with Crippen molar-refractivity contribution >= 4 is 12.0 Å². The highest BCUT2D eigenvalue weighted by molar-refractivity contribution is 5.83. The molecule has 0 aliphatic carbocycles. The zero-order chi connectivity index (χ0) is 16.2. The molecule has 1 heterocycles. The molecule has 0 aromatic carbocycles. The first-order valence-electron chi connectivity index (χ1n) is 6.93. The maximum absolute atomic E-state index is 11.9. The van der Waals surface area contributed by atoms with Gasteiger partial charge in [-0.3, -0.25) is 4.68 Å². The fraction of sp³-hybridized carbons (Fsp3) is 0.643. The highest BCUT2D eigenvalue weighted by atomic mass is 16.4. The number of aliphatic carboxylic acids is 1. The molecule has 7 heteroatoms. The number of hydrogen-bond donors (Lipinski definition) is 3. The van der Waals surface area contributed by atoms with Crippen LogP contribution in [0.15, 0.2) is 6.20 Å². The number of carbonyl (C=O) groups is 2. The van der Waals surface area contributed by atoms with Gasteiger partial charge >= 0.3 is 12.0 Å². The molecule has 0 fully saturated rings. The highest BCUT2D eigenvalue weighted by Gasteiger charge is 2.32. The van der Waals surface area contributed by atoms with Crippen LogP contribution in [-0.4, -0.2) is 32.9 Å². The summed E-state index contributed by atoms with van der Waals surface area (Å²) >= 11 is 0. The van der Waals surface area contributed by atoms with Crippen LogP contribution in [0.2, 0.25) is 0 Å². The number of carbonyl (C=O) groups excluding carboxylic acids is 1. The molecule has 0 saturated heterocycles. The number of carboxylic acids is 1. The Bertz CT molecular complexity index is 517. The zero-order valence-electron chi connectivity index (χ0n) is 13.2. The number of aryl methyl sites for hydroxylation is 2. The van der Waals surface area contributed by atoms with E-state index in [0.29, 0.717) is 6.54 Å². The normalized spacial score (nSPS) is 12.8. The van der Waals surface area contributed by atoms with E-state index in [2.05, 4.69) is 15.7 Å². The van der Waals surface area contributed by atoms with Gasteiger partial charge in [-0.2, -0.15) is 5.10 Å². The van der Waals surface area contributed by atoms with E-state index in [9.17, 15) is 14.7 Å². The third-order valence-corrected chi connectivity index (χ3v) is 3.15. The molecular formula is C14H24N4O3. The van der Waals surface area contributed by atoms with E-state index in [1.165, 1.54) is 0 Å². The van der Waals surface area contributed by atoms with Gasteiger partial charge in [-0.15, -0.1) is 0 Å². The van der Waals surface area contributed by atoms with Crippen LogP contribution in [0.5, 0.6) is 0 Å². The van der Waals surface area contributed by atoms with Crippen molar-refractivity contribution in [3.8, 4) is 0 Å². The number of aromatic nitrogens is 2. The van der Waals surface area contributed by atoms with Gasteiger partial charge in [0.1, 0.15) is 6.04 Å². The van der Waals surface area contributed by atoms with Crippen LogP contribution in [0.1, 0.15) is 39.0 Å². The lowest BCUT2D eigenvalue weighted by atomic mass is 9.87. The van der Waals surface area contributed by atoms with E-state index in [4.69, 9.17) is 0 Å². The Morgan fingerprint density at radius 2 is 2.05 bits per heavy atom. The minimum atomic E-state index is -1.05. The van der Waals surface area contributed by atoms with Crippen LogP contribution < -0.4 is 10.6 Å². The van der Waals surface area contributed by atoms with Crippen molar-refractivity contribution in [2.75, 3.05) is 0 Å². The van der Waals surface area contributed by atoms with Gasteiger partial charge in [-0.05, 0) is 11.8 Å². The first-order chi connectivity index (χ1) is 9.65. The van der Waals surface area contributed by atoms with Gasteiger partial charge < -0.3 is 15.7 Å². The summed E-state index contributed by atoms with van der Waals surface area (Å²) in [5.41, 5.74) is 1.28. The molecule has 1 aromatic heterocycles. The largest absolute Gasteiger partial charge is 0.480 e. The molecule has 1 aromatic rings. The molecule has 2 amide bonds. The van der Waals surface area contributed by atoms with Gasteiger partial charge in [-0.1, -0.05) is 27.7 Å². The van der Waals surface area contributed by atoms with Crippen molar-refractivity contribution in [1.82, 2.24) is 20.4 Å². The first-order valence-corrected chi connectivity index (χ1v) is 6.93. The van der Waals surface area contributed by atoms with E-state index in [-0.39, 0.29) is 0 Å². The molecular weight excluding hydrogens is 272 g/mol. The molecule has 1 unspecified atom stereocenters. The van der Waals surface area contributed by atoms with Crippen LogP contribution in [0, 0.1) is 5.41 Å². The number of nitrogens with zero attached hydrogens (tertiary/aromatic N) is 2. The molecule has 0 bridgehead atoms. The second-order valence-electron chi connectivity index (χ2n) is 6.09. The van der Waals surface area contributed by atoms with Crippen molar-refractivity contribution in [2.24, 2.45) is 12.5 Å². The number of urea groups is 1. The average molecular weight is 296 g/mol. The van der Waals surface area contributed by atoms with Gasteiger partial charge in [0, 0.05) is 25.4 Å². The maximum atomic E-state index is 11.9. The van der Waals surface area contributed by atoms with E-state index < -0.39 is 23.5 Å². The summed E-state index contributed by atoms with van der Waals surface area (Å²) in [6.07, 6.45) is 2.62. The Balaban J connectivity index is 2.63. The summed E-state index contributed by atoms with van der Waals surface area (Å²) in [6.45, 7) is 7.61. The Morgan fingerprint density at radius 1 is 1.43 bits per heavy atom. The number of amides is 2. The molecule has 0 radical (unpaired) electrons. The summed E-state index contributed by atoms with van der Waals surface area (Å²) in [5.74, 6) is -1.05. The Kier molecular flexibility index (Phi) is 5.34. The van der Waals surface area contributed by atoms with Crippen LogP contribution in [-0.2, 0) is 24.8 Å². The molecule has 0 saturated carbocycles. The fourth-order valence-electron chi connectivity index (χ4n) is 2.04. The minimum absolute atomic E-state index is 0.319. The maximum Gasteiger partial charge on any atom is 0.326 e. The molecule has 0 spiro atoms. The van der Waals surface area contributed by atoms with Gasteiger partial charge in [0.15, 0.2) is 0 Å². The second-order valence-corrected chi connectivity index (χ2v) is 6.09. The molecule has 3 N–H and O–H groups in total. The number of rotatable bonds is 5. The Hall–Kier alpha value is -2.05. The Labute approximate surface area is 124 Å². The van der Waals surface area contributed by atoms with Crippen LogP contribution >= 0.6 is 0 Å². The number of carboxylic acid groups (broad SMARTS) is 1. The second kappa shape index (κ2) is 6.60. The number of nitrogens with one attached hydrogen (secondary N) is 2. The van der Waals surface area contributed by atoms with Gasteiger partial charge in [0.2, 0.25) is 0 Å². The third-order valence-electron chi connectivity index (χ3n) is 3.15. The van der Waals surface area contributed by atoms with Crippen LogP contribution in [0.25, 0.3) is 0 Å². The van der Waals surface area contributed by atoms with E-state index >= 15 is 0 Å². The summed E-state index contributed by atoms with van der Waals surface area (Å²) in [4.78, 5) is 23.1. The summed E-state index contributed by atoms with van der Waals surface area (Å²) in [6, 6.07) is -1.44. The molecule has 21 heavy (non-hydrogen) atoms. The van der Waals surface area contributed by atoms with Gasteiger partial charge in [-0.25, -0.2) is 9.59 Å². The predicted octanol–water partition coefficient (Wildman–Crippen LogP) is 1.28. The van der Waals surface area contributed by atoms with Crippen molar-refractivity contribution in [1.29, 1.82) is 0 Å². The third kappa shape index (κ3) is 4.77. The Morgan fingerprint density at radius 3 is 2.52 bits per heavy atom. The van der Waals surface area contributed by atoms with Crippen molar-refractivity contribution in [3.05, 3.63) is 17.5 Å². The molecule has 7 nitrogen and oxygen atoms in total. The van der Waals surface area contributed by atoms with Crippen LogP contribution in [0.4, 0.5) is 4.79 Å². The molecule has 118 valence electrons. The highest BCUT2D eigenvalue weighted by Crippen LogP contribution is 2.19. The van der Waals surface area contributed by atoms with E-state index in [0.717, 1.165) is 17.7 Å². The molecule has 0 aliphatic heterocycles. The van der Waals surface area contributed by atoms with Crippen molar-refractivity contribution in [3.63, 3.8) is 0 Å². The standard InChI is InChI=1S/C14H24N4O3/c1-6-10-9(8-18(5)17-10)7-15-13(21)16-11(12(19)20)14(2,3)4/h8,11H,6-7H2,1-5H3,(H,19,20)(H2,15,16,21). The van der Waals surface area contributed by atoms with E-state index in [1.54, 1.807) is 25.5 Å². The predicted molar refractivity (Wildman–Crippen MR) is 78.8 cm³/mol. The lowest BCUT2D eigenvalue weighted by Crippen LogP contribution is -2.52. The summed E-state index contributed by atoms with van der Waals surface area (Å²) < 4.78 is 1.70. The zero-order valence-corrected chi connectivity index (χ0v) is 13.2. The van der Waals surface area contributed by atoms with Crippen LogP contribution in [0.3, 0.4) is 0 Å². The quantitative estimate of drug-likeness (QED) is 0.762. The smallest absolute Gasteiger partial charge is 0.326 e. The molecule has 1 atom stereocenters. The minimum Gasteiger partial charge on any atom is -0.480 e. The summed E-state index contributed by atoms with van der Waals surface area (Å²) in [5, 5.41) is 18.6. The topological polar surface area (TPSA) is 96.3 Å². The van der Waals surface area contributed by atoms with Gasteiger partial charge in [0.05, 0.1) is 5.69 Å². The van der Waals surface area contributed by atoms with Crippen molar-refractivity contribution < 1.29 is 14.7 Å². The first kappa shape index (κ1) is 17.0. The molecule has 0 aliphatic rings. The molecule has 1 rings (SSSR count). The average Bonchev–Trinajstić information content (AvgIpc) is 2.72. The van der Waals surface area contributed by atoms with E-state index in [1.807, 2.05) is 20.2 Å². The van der Waals surface area contributed by atoms with Crippen molar-refractivity contribution in [2.45, 2.75) is 46.7 Å². The SMILES string of the molecule is CCc1nn(C)cc1CNC(=O)NC(C(=O)O)C(C)(C)C. The fourth-order valence-corrected chi connectivity index (χ4v) is 2.04. The number of hydrogen-bond acceptors (Lipinski definition) is 3. The summed E-state index contributed by atoms with van der Waals surface area (Å²) in [7, 11) is 1.82. The lowest BCUT2D eigenvalue weighted by Gasteiger charge is -2.27. The monoisotopic (exact) mass is 296 g/mol. The lowest BCUT2D eigenvalue weighted by molar-refractivity contribution is -0.141.